The van der Waals surface area contributed by atoms with E-state index in [1.54, 1.807) is 11.7 Å². The maximum atomic E-state index is 12.9. The first-order valence-electron chi connectivity index (χ1n) is 7.98. The molecule has 1 aliphatic rings. The topological polar surface area (TPSA) is 63.9 Å². The van der Waals surface area contributed by atoms with Crippen LogP contribution in [0.15, 0.2) is 35.5 Å². The maximum Gasteiger partial charge on any atom is 0.237 e. The van der Waals surface area contributed by atoms with Gasteiger partial charge < -0.3 is 4.90 Å². The molecule has 1 saturated carbocycles. The Morgan fingerprint density at radius 1 is 1.26 bits per heavy atom. The maximum absolute atomic E-state index is 12.9. The molecule has 6 nitrogen and oxygen atoms in total. The van der Waals surface area contributed by atoms with Crippen molar-refractivity contribution in [3.05, 3.63) is 30.3 Å². The Hall–Kier alpha value is -1.89. The highest BCUT2D eigenvalue weighted by molar-refractivity contribution is 7.99. The van der Waals surface area contributed by atoms with E-state index in [0.29, 0.717) is 17.0 Å². The molecule has 0 saturated heterocycles. The zero-order chi connectivity index (χ0) is 16.1. The lowest BCUT2D eigenvalue weighted by Crippen LogP contribution is -2.42. The average Bonchev–Trinajstić information content (AvgIpc) is 3.00. The van der Waals surface area contributed by atoms with Gasteiger partial charge in [0.15, 0.2) is 0 Å². The van der Waals surface area contributed by atoms with Crippen molar-refractivity contribution < 1.29 is 4.79 Å². The van der Waals surface area contributed by atoms with Crippen LogP contribution in [0.25, 0.3) is 0 Å². The molecule has 23 heavy (non-hydrogen) atoms. The Morgan fingerprint density at radius 2 is 2.00 bits per heavy atom. The molecule has 1 aromatic heterocycles. The van der Waals surface area contributed by atoms with Crippen molar-refractivity contribution in [2.45, 2.75) is 43.3 Å². The fourth-order valence-corrected chi connectivity index (χ4v) is 3.73. The summed E-state index contributed by atoms with van der Waals surface area (Å²) < 4.78 is 1.59. The van der Waals surface area contributed by atoms with Gasteiger partial charge in [-0.1, -0.05) is 49.2 Å². The van der Waals surface area contributed by atoms with Gasteiger partial charge in [-0.05, 0) is 35.4 Å². The molecular formula is C16H21N5OS. The number of aryl methyl sites for hydroxylation is 1. The molecule has 1 aliphatic carbocycles. The molecule has 0 aliphatic heterocycles. The smallest absolute Gasteiger partial charge is 0.237 e. The van der Waals surface area contributed by atoms with E-state index in [9.17, 15) is 4.79 Å². The first kappa shape index (κ1) is 16.0. The SMILES string of the molecule is Cn1nnnc1SCC(=O)N(c1ccccc1)C1CCCCC1. The Kier molecular flexibility index (Phi) is 5.27. The van der Waals surface area contributed by atoms with E-state index in [2.05, 4.69) is 15.5 Å². The van der Waals surface area contributed by atoms with Gasteiger partial charge in [-0.2, -0.15) is 0 Å². The van der Waals surface area contributed by atoms with Crippen molar-refractivity contribution >= 4 is 23.4 Å². The number of thioether (sulfide) groups is 1. The van der Waals surface area contributed by atoms with Crippen molar-refractivity contribution in [2.75, 3.05) is 10.7 Å². The van der Waals surface area contributed by atoms with Crippen LogP contribution in [0.3, 0.4) is 0 Å². The highest BCUT2D eigenvalue weighted by atomic mass is 32.2. The van der Waals surface area contributed by atoms with Crippen molar-refractivity contribution in [3.8, 4) is 0 Å². The van der Waals surface area contributed by atoms with Gasteiger partial charge >= 0.3 is 0 Å². The number of hydrogen-bond donors (Lipinski definition) is 0. The van der Waals surface area contributed by atoms with Crippen LogP contribution in [0.5, 0.6) is 0 Å². The van der Waals surface area contributed by atoms with Crippen molar-refractivity contribution in [3.63, 3.8) is 0 Å². The second kappa shape index (κ2) is 7.59. The minimum absolute atomic E-state index is 0.121. The monoisotopic (exact) mass is 331 g/mol. The van der Waals surface area contributed by atoms with Crippen LogP contribution < -0.4 is 4.90 Å². The number of carbonyl (C=O) groups is 1. The third kappa shape index (κ3) is 3.90. The summed E-state index contributed by atoms with van der Waals surface area (Å²) in [6.07, 6.45) is 5.82. The second-order valence-corrected chi connectivity index (χ2v) is 6.71. The van der Waals surface area contributed by atoms with Crippen molar-refractivity contribution in [2.24, 2.45) is 7.05 Å². The van der Waals surface area contributed by atoms with E-state index >= 15 is 0 Å². The molecule has 122 valence electrons. The van der Waals surface area contributed by atoms with Gasteiger partial charge in [0.05, 0.1) is 5.75 Å². The standard InChI is InChI=1S/C16H21N5OS/c1-20-16(17-18-19-20)23-12-15(22)21(13-8-4-2-5-9-13)14-10-6-3-7-11-14/h2,4-5,8-9,14H,3,6-7,10-12H2,1H3. The van der Waals surface area contributed by atoms with E-state index in [0.717, 1.165) is 18.5 Å². The second-order valence-electron chi connectivity index (χ2n) is 5.76. The molecule has 0 atom stereocenters. The zero-order valence-electron chi connectivity index (χ0n) is 13.3. The number of aromatic nitrogens is 4. The van der Waals surface area contributed by atoms with Gasteiger partial charge in [-0.25, -0.2) is 4.68 Å². The van der Waals surface area contributed by atoms with Crippen molar-refractivity contribution in [1.82, 2.24) is 20.2 Å². The zero-order valence-corrected chi connectivity index (χ0v) is 14.1. The number of anilines is 1. The van der Waals surface area contributed by atoms with Gasteiger partial charge in [-0.15, -0.1) is 5.10 Å². The largest absolute Gasteiger partial charge is 0.309 e. The molecule has 2 aromatic rings. The summed E-state index contributed by atoms with van der Waals surface area (Å²) in [4.78, 5) is 14.9. The lowest BCUT2D eigenvalue weighted by molar-refractivity contribution is -0.116. The number of amides is 1. The third-order valence-electron chi connectivity index (χ3n) is 4.15. The molecular weight excluding hydrogens is 310 g/mol. The van der Waals surface area contributed by atoms with Crippen LogP contribution in [-0.2, 0) is 11.8 Å². The fourth-order valence-electron chi connectivity index (χ4n) is 3.03. The Labute approximate surface area is 140 Å². The Bertz CT molecular complexity index is 639. The van der Waals surface area contributed by atoms with Gasteiger partial charge in [0, 0.05) is 18.8 Å². The molecule has 7 heteroatoms. The fraction of sp³-hybridized carbons (Fsp3) is 0.500. The molecule has 1 aromatic carbocycles. The molecule has 1 fully saturated rings. The van der Waals surface area contributed by atoms with E-state index in [-0.39, 0.29) is 5.91 Å². The Morgan fingerprint density at radius 3 is 2.65 bits per heavy atom. The molecule has 0 N–H and O–H groups in total. The van der Waals surface area contributed by atoms with E-state index in [1.165, 1.54) is 31.0 Å². The highest BCUT2D eigenvalue weighted by Crippen LogP contribution is 2.28. The summed E-state index contributed by atoms with van der Waals surface area (Å²) in [6, 6.07) is 10.3. The van der Waals surface area contributed by atoms with Crippen LogP contribution in [-0.4, -0.2) is 37.9 Å². The quantitative estimate of drug-likeness (QED) is 0.788. The molecule has 0 spiro atoms. The normalized spacial score (nSPS) is 15.5. The lowest BCUT2D eigenvalue weighted by Gasteiger charge is -2.34. The van der Waals surface area contributed by atoms with Crippen LogP contribution in [0.4, 0.5) is 5.69 Å². The van der Waals surface area contributed by atoms with Gasteiger partial charge in [-0.3, -0.25) is 4.79 Å². The predicted octanol–water partition coefficient (Wildman–Crippen LogP) is 2.67. The summed E-state index contributed by atoms with van der Waals surface area (Å²) in [7, 11) is 1.78. The minimum atomic E-state index is 0.121. The van der Waals surface area contributed by atoms with Gasteiger partial charge in [0.1, 0.15) is 0 Å². The molecule has 1 heterocycles. The number of nitrogens with zero attached hydrogens (tertiary/aromatic N) is 5. The summed E-state index contributed by atoms with van der Waals surface area (Å²) in [5.41, 5.74) is 0.987. The predicted molar refractivity (Wildman–Crippen MR) is 90.3 cm³/mol. The van der Waals surface area contributed by atoms with Crippen LogP contribution in [0.2, 0.25) is 0 Å². The number of benzene rings is 1. The molecule has 0 bridgehead atoms. The number of hydrogen-bond acceptors (Lipinski definition) is 5. The van der Waals surface area contributed by atoms with E-state index < -0.39 is 0 Å². The van der Waals surface area contributed by atoms with Gasteiger partial charge in [0.2, 0.25) is 11.1 Å². The molecule has 3 rings (SSSR count). The van der Waals surface area contributed by atoms with E-state index in [4.69, 9.17) is 0 Å². The molecule has 0 radical (unpaired) electrons. The van der Waals surface area contributed by atoms with Gasteiger partial charge in [0.25, 0.3) is 0 Å². The van der Waals surface area contributed by atoms with Crippen molar-refractivity contribution in [1.29, 1.82) is 0 Å². The molecule has 1 amide bonds. The Balaban J connectivity index is 1.74. The third-order valence-corrected chi connectivity index (χ3v) is 5.14. The summed E-state index contributed by atoms with van der Waals surface area (Å²) in [5.74, 6) is 0.468. The summed E-state index contributed by atoms with van der Waals surface area (Å²) >= 11 is 1.38. The number of tetrazole rings is 1. The van der Waals surface area contributed by atoms with E-state index in [1.807, 2.05) is 35.2 Å². The number of rotatable bonds is 5. The highest BCUT2D eigenvalue weighted by Gasteiger charge is 2.27. The summed E-state index contributed by atoms with van der Waals surface area (Å²) in [6.45, 7) is 0. The summed E-state index contributed by atoms with van der Waals surface area (Å²) in [5, 5.41) is 12.0. The lowest BCUT2D eigenvalue weighted by atomic mass is 9.93. The molecule has 0 unspecified atom stereocenters. The first-order valence-corrected chi connectivity index (χ1v) is 8.96. The number of para-hydroxylation sites is 1. The van der Waals surface area contributed by atoms with Crippen LogP contribution >= 0.6 is 11.8 Å². The average molecular weight is 331 g/mol. The minimum Gasteiger partial charge on any atom is -0.309 e. The first-order chi connectivity index (χ1) is 11.3. The van der Waals surface area contributed by atoms with Crippen LogP contribution in [0.1, 0.15) is 32.1 Å². The number of carbonyl (C=O) groups excluding carboxylic acids is 1. The van der Waals surface area contributed by atoms with Crippen LogP contribution in [0, 0.1) is 0 Å².